The highest BCUT2D eigenvalue weighted by atomic mass is 16.5. The number of carbonyl (C=O) groups is 2. The van der Waals surface area contributed by atoms with E-state index in [4.69, 9.17) is 9.47 Å². The highest BCUT2D eigenvalue weighted by molar-refractivity contribution is 6.46. The van der Waals surface area contributed by atoms with Crippen molar-refractivity contribution in [2.45, 2.75) is 19.9 Å². The zero-order chi connectivity index (χ0) is 27.2. The Morgan fingerprint density at radius 2 is 1.55 bits per heavy atom. The highest BCUT2D eigenvalue weighted by Crippen LogP contribution is 2.39. The number of hydrogen-bond donors (Lipinski definition) is 1. The molecule has 7 nitrogen and oxygen atoms in total. The van der Waals surface area contributed by atoms with Gasteiger partial charge in [-0.05, 0) is 57.3 Å². The monoisotopic (exact) mass is 514 g/mol. The fourth-order valence-corrected chi connectivity index (χ4v) is 4.41. The molecule has 1 amide bonds. The lowest BCUT2D eigenvalue weighted by molar-refractivity contribution is -0.140. The van der Waals surface area contributed by atoms with Crippen molar-refractivity contribution in [2.24, 2.45) is 0 Å². The molecule has 1 fully saturated rings. The van der Waals surface area contributed by atoms with Gasteiger partial charge >= 0.3 is 0 Å². The second kappa shape index (κ2) is 12.0. The van der Waals surface area contributed by atoms with E-state index in [1.165, 1.54) is 4.90 Å². The van der Waals surface area contributed by atoms with Gasteiger partial charge in [-0.1, -0.05) is 60.2 Å². The predicted octanol–water partition coefficient (Wildman–Crippen LogP) is 4.74. The molecule has 0 spiro atoms. The first kappa shape index (κ1) is 26.9. The molecule has 7 heteroatoms. The number of carbonyl (C=O) groups excluding carboxylic acids is 2. The van der Waals surface area contributed by atoms with Crippen LogP contribution >= 0.6 is 0 Å². The topological polar surface area (TPSA) is 79.3 Å². The lowest BCUT2D eigenvalue weighted by atomic mass is 9.95. The van der Waals surface area contributed by atoms with Gasteiger partial charge in [-0.3, -0.25) is 9.59 Å². The Morgan fingerprint density at radius 1 is 0.895 bits per heavy atom. The van der Waals surface area contributed by atoms with Crippen LogP contribution in [-0.4, -0.2) is 67.0 Å². The fourth-order valence-electron chi connectivity index (χ4n) is 4.41. The zero-order valence-electron chi connectivity index (χ0n) is 22.3. The Kier molecular flexibility index (Phi) is 8.48. The van der Waals surface area contributed by atoms with Gasteiger partial charge in [0.25, 0.3) is 11.7 Å². The Balaban J connectivity index is 1.55. The summed E-state index contributed by atoms with van der Waals surface area (Å²) < 4.78 is 11.6. The lowest BCUT2D eigenvalue weighted by Gasteiger charge is -2.26. The molecule has 198 valence electrons. The van der Waals surface area contributed by atoms with Crippen molar-refractivity contribution in [2.75, 3.05) is 40.4 Å². The summed E-state index contributed by atoms with van der Waals surface area (Å²) in [6.45, 7) is 5.63. The van der Waals surface area contributed by atoms with Crippen LogP contribution in [0.1, 0.15) is 28.3 Å². The number of amides is 1. The first-order chi connectivity index (χ1) is 18.3. The van der Waals surface area contributed by atoms with Crippen LogP contribution < -0.4 is 9.47 Å². The molecule has 0 saturated carbocycles. The molecular formula is C31H34N2O5. The van der Waals surface area contributed by atoms with Crippen LogP contribution in [-0.2, 0) is 9.59 Å². The third-order valence-corrected chi connectivity index (χ3v) is 6.55. The molecule has 1 atom stereocenters. The van der Waals surface area contributed by atoms with Gasteiger partial charge in [-0.15, -0.1) is 0 Å². The number of likely N-dealkylation sites (N-methyl/N-ethyl adjacent to an activating group) is 1. The van der Waals surface area contributed by atoms with Crippen molar-refractivity contribution in [3.05, 3.63) is 101 Å². The van der Waals surface area contributed by atoms with E-state index in [1.807, 2.05) is 81.4 Å². The van der Waals surface area contributed by atoms with Crippen LogP contribution in [0.25, 0.3) is 5.76 Å². The van der Waals surface area contributed by atoms with Crippen LogP contribution in [0.3, 0.4) is 0 Å². The molecule has 1 aliphatic heterocycles. The summed E-state index contributed by atoms with van der Waals surface area (Å²) in [5.41, 5.74) is 3.41. The van der Waals surface area contributed by atoms with Gasteiger partial charge < -0.3 is 24.4 Å². The normalized spacial score (nSPS) is 16.8. The van der Waals surface area contributed by atoms with Crippen molar-refractivity contribution in [3.8, 4) is 11.5 Å². The smallest absolute Gasteiger partial charge is 0.295 e. The molecule has 1 N–H and O–H groups in total. The minimum Gasteiger partial charge on any atom is -0.507 e. The van der Waals surface area contributed by atoms with Crippen molar-refractivity contribution in [1.82, 2.24) is 9.80 Å². The molecule has 3 aromatic rings. The number of aliphatic hydroxyl groups excluding tert-OH is 1. The van der Waals surface area contributed by atoms with Crippen LogP contribution in [0, 0.1) is 13.8 Å². The van der Waals surface area contributed by atoms with Crippen molar-refractivity contribution in [3.63, 3.8) is 0 Å². The Labute approximate surface area is 223 Å². The molecule has 38 heavy (non-hydrogen) atoms. The van der Waals surface area contributed by atoms with E-state index in [-0.39, 0.29) is 11.3 Å². The minimum absolute atomic E-state index is 0.0953. The SMILES string of the molecule is Cc1ccc(C(O)=C2C(=O)C(=O)N(CCN(C)C)[C@@H]2c2ccc(OCCOc3ccccc3C)cc2)cc1. The molecule has 0 unspecified atom stereocenters. The average Bonchev–Trinajstić information content (AvgIpc) is 3.16. The zero-order valence-corrected chi connectivity index (χ0v) is 22.3. The van der Waals surface area contributed by atoms with Crippen molar-refractivity contribution in [1.29, 1.82) is 0 Å². The largest absolute Gasteiger partial charge is 0.507 e. The molecule has 0 bridgehead atoms. The third-order valence-electron chi connectivity index (χ3n) is 6.55. The maximum atomic E-state index is 13.1. The van der Waals surface area contributed by atoms with E-state index in [1.54, 1.807) is 24.3 Å². The van der Waals surface area contributed by atoms with Gasteiger partial charge in [-0.2, -0.15) is 0 Å². The standard InChI is InChI=1S/C31H34N2O5/c1-21-9-11-24(12-10-21)29(34)27-28(33(18-17-32(3)4)31(36)30(27)35)23-13-15-25(16-14-23)37-19-20-38-26-8-6-5-7-22(26)2/h5-16,28,34H,17-20H2,1-4H3/t28-/m1/s1. The summed E-state index contributed by atoms with van der Waals surface area (Å²) in [4.78, 5) is 29.7. The van der Waals surface area contributed by atoms with E-state index in [9.17, 15) is 14.7 Å². The van der Waals surface area contributed by atoms with Crippen LogP contribution in [0.2, 0.25) is 0 Å². The number of ether oxygens (including phenoxy) is 2. The van der Waals surface area contributed by atoms with Crippen LogP contribution in [0.4, 0.5) is 0 Å². The molecule has 0 aliphatic carbocycles. The number of ketones is 1. The molecule has 3 aromatic carbocycles. The van der Waals surface area contributed by atoms with E-state index < -0.39 is 17.7 Å². The number of hydrogen-bond acceptors (Lipinski definition) is 6. The Bertz CT molecular complexity index is 1310. The Hall–Kier alpha value is -4.10. The first-order valence-corrected chi connectivity index (χ1v) is 12.7. The Morgan fingerprint density at radius 3 is 2.21 bits per heavy atom. The summed E-state index contributed by atoms with van der Waals surface area (Å²) in [7, 11) is 3.82. The minimum atomic E-state index is -0.699. The highest BCUT2D eigenvalue weighted by Gasteiger charge is 2.45. The van der Waals surface area contributed by atoms with Gasteiger partial charge in [0, 0.05) is 18.7 Å². The number of aliphatic hydroxyl groups is 1. The maximum absolute atomic E-state index is 13.1. The number of benzene rings is 3. The van der Waals surface area contributed by atoms with Crippen LogP contribution in [0.15, 0.2) is 78.4 Å². The third kappa shape index (κ3) is 6.06. The van der Waals surface area contributed by atoms with Gasteiger partial charge in [0.1, 0.15) is 30.5 Å². The second-order valence-corrected chi connectivity index (χ2v) is 9.69. The molecule has 0 aromatic heterocycles. The molecule has 0 radical (unpaired) electrons. The summed E-state index contributed by atoms with van der Waals surface area (Å²) in [5, 5.41) is 11.2. The van der Waals surface area contributed by atoms with Gasteiger partial charge in [-0.25, -0.2) is 0 Å². The number of aryl methyl sites for hydroxylation is 2. The number of para-hydroxylation sites is 1. The summed E-state index contributed by atoms with van der Waals surface area (Å²) >= 11 is 0. The summed E-state index contributed by atoms with van der Waals surface area (Å²) in [5.74, 6) is 0.00697. The first-order valence-electron chi connectivity index (χ1n) is 12.7. The number of likely N-dealkylation sites (tertiary alicyclic amines) is 1. The molecule has 1 aliphatic rings. The lowest BCUT2D eigenvalue weighted by Crippen LogP contribution is -2.35. The predicted molar refractivity (Wildman–Crippen MR) is 147 cm³/mol. The number of rotatable bonds is 10. The van der Waals surface area contributed by atoms with E-state index in [0.717, 1.165) is 22.4 Å². The summed E-state index contributed by atoms with van der Waals surface area (Å²) in [6.07, 6.45) is 0. The van der Waals surface area contributed by atoms with Crippen molar-refractivity contribution < 1.29 is 24.2 Å². The van der Waals surface area contributed by atoms with E-state index >= 15 is 0 Å². The van der Waals surface area contributed by atoms with Gasteiger partial charge in [0.2, 0.25) is 0 Å². The maximum Gasteiger partial charge on any atom is 0.295 e. The molecular weight excluding hydrogens is 480 g/mol. The quantitative estimate of drug-likeness (QED) is 0.182. The van der Waals surface area contributed by atoms with Gasteiger partial charge in [0.15, 0.2) is 0 Å². The van der Waals surface area contributed by atoms with E-state index in [0.29, 0.717) is 37.6 Å². The fraction of sp³-hybridized carbons (Fsp3) is 0.290. The van der Waals surface area contributed by atoms with E-state index in [2.05, 4.69) is 0 Å². The summed E-state index contributed by atoms with van der Waals surface area (Å²) in [6, 6.07) is 21.6. The second-order valence-electron chi connectivity index (χ2n) is 9.69. The van der Waals surface area contributed by atoms with Crippen molar-refractivity contribution >= 4 is 17.4 Å². The molecule has 4 rings (SSSR count). The van der Waals surface area contributed by atoms with Crippen LogP contribution in [0.5, 0.6) is 11.5 Å². The number of nitrogens with zero attached hydrogens (tertiary/aromatic N) is 2. The van der Waals surface area contributed by atoms with Gasteiger partial charge in [0.05, 0.1) is 11.6 Å². The number of Topliss-reactive ketones (excluding diaryl/α,β-unsaturated/α-hetero) is 1. The molecule has 1 saturated heterocycles. The average molecular weight is 515 g/mol. The molecule has 1 heterocycles.